The van der Waals surface area contributed by atoms with Gasteiger partial charge in [-0.1, -0.05) is 26.0 Å². The Balaban J connectivity index is 2.26. The van der Waals surface area contributed by atoms with Gasteiger partial charge in [-0.2, -0.15) is 0 Å². The molecule has 1 saturated heterocycles. The lowest BCUT2D eigenvalue weighted by Gasteiger charge is -2.28. The molecule has 0 radical (unpaired) electrons. The number of rotatable bonds is 4. The van der Waals surface area contributed by atoms with Gasteiger partial charge in [-0.15, -0.1) is 0 Å². The van der Waals surface area contributed by atoms with Crippen molar-refractivity contribution in [2.45, 2.75) is 39.2 Å². The van der Waals surface area contributed by atoms with E-state index in [2.05, 4.69) is 0 Å². The van der Waals surface area contributed by atoms with Crippen LogP contribution >= 0.6 is 0 Å². The third-order valence-electron chi connectivity index (χ3n) is 3.82. The average Bonchev–Trinajstić information content (AvgIpc) is 2.60. The maximum Gasteiger partial charge on any atom is 0.234 e. The minimum atomic E-state index is -1.35. The molecule has 1 aliphatic heterocycles. The van der Waals surface area contributed by atoms with Gasteiger partial charge >= 0.3 is 0 Å². The first-order valence-electron chi connectivity index (χ1n) is 6.66. The number of carbonyl (C=O) groups excluding carboxylic acids is 3. The molecule has 0 unspecified atom stereocenters. The highest BCUT2D eigenvalue weighted by atomic mass is 16.4. The minimum Gasteiger partial charge on any atom is -0.548 e. The topological polar surface area (TPSA) is 77.5 Å². The lowest BCUT2D eigenvalue weighted by Crippen LogP contribution is -2.51. The maximum atomic E-state index is 12.3. The van der Waals surface area contributed by atoms with Crippen LogP contribution in [0.15, 0.2) is 12.2 Å². The van der Waals surface area contributed by atoms with Gasteiger partial charge in [-0.3, -0.25) is 14.5 Å². The molecule has 104 valence electrons. The molecule has 1 heterocycles. The molecule has 19 heavy (non-hydrogen) atoms. The Morgan fingerprint density at radius 1 is 1.26 bits per heavy atom. The Kier molecular flexibility index (Phi) is 3.73. The summed E-state index contributed by atoms with van der Waals surface area (Å²) in [5, 5.41) is 11.2. The molecule has 2 rings (SSSR count). The fourth-order valence-electron chi connectivity index (χ4n) is 2.89. The van der Waals surface area contributed by atoms with Crippen molar-refractivity contribution in [3.8, 4) is 0 Å². The van der Waals surface area contributed by atoms with Gasteiger partial charge in [0, 0.05) is 0 Å². The highest BCUT2D eigenvalue weighted by Gasteiger charge is 2.49. The maximum absolute atomic E-state index is 12.3. The van der Waals surface area contributed by atoms with Crippen molar-refractivity contribution in [2.24, 2.45) is 17.8 Å². The zero-order valence-electron chi connectivity index (χ0n) is 11.2. The van der Waals surface area contributed by atoms with Crippen LogP contribution in [0.5, 0.6) is 0 Å². The highest BCUT2D eigenvalue weighted by molar-refractivity contribution is 6.07. The summed E-state index contributed by atoms with van der Waals surface area (Å²) >= 11 is 0. The van der Waals surface area contributed by atoms with Crippen LogP contribution in [0, 0.1) is 17.8 Å². The average molecular weight is 264 g/mol. The van der Waals surface area contributed by atoms with Gasteiger partial charge in [-0.25, -0.2) is 0 Å². The molecule has 0 aromatic heterocycles. The highest BCUT2D eigenvalue weighted by Crippen LogP contribution is 2.36. The zero-order chi connectivity index (χ0) is 14.2. The van der Waals surface area contributed by atoms with Gasteiger partial charge in [0.05, 0.1) is 23.8 Å². The fraction of sp³-hybridized carbons (Fsp3) is 0.643. The number of fused-ring (bicyclic) bond motifs is 1. The van der Waals surface area contributed by atoms with Gasteiger partial charge in [0.2, 0.25) is 11.8 Å². The summed E-state index contributed by atoms with van der Waals surface area (Å²) in [5.74, 6) is -2.74. The summed E-state index contributed by atoms with van der Waals surface area (Å²) in [7, 11) is 0. The standard InChI is InChI=1S/C14H19NO4/c1-8(2)7-11(14(18)19)15-12(16)9-5-3-4-6-10(9)13(15)17/h3-4,8-11H,5-7H2,1-2H3,(H,18,19)/p-1/t9-,10-,11+/m0/s1. The molecule has 5 nitrogen and oxygen atoms in total. The minimum absolute atomic E-state index is 0.0734. The Labute approximate surface area is 112 Å². The van der Waals surface area contributed by atoms with Crippen molar-refractivity contribution < 1.29 is 19.5 Å². The third-order valence-corrected chi connectivity index (χ3v) is 3.82. The van der Waals surface area contributed by atoms with Crippen LogP contribution in [0.1, 0.15) is 33.1 Å². The first-order chi connectivity index (χ1) is 8.93. The molecule has 0 aromatic carbocycles. The van der Waals surface area contributed by atoms with E-state index in [0.717, 1.165) is 4.90 Å². The molecule has 0 bridgehead atoms. The number of hydrogen-bond donors (Lipinski definition) is 0. The van der Waals surface area contributed by atoms with Crippen LogP contribution in [0.2, 0.25) is 0 Å². The van der Waals surface area contributed by atoms with E-state index < -0.39 is 12.0 Å². The number of amides is 2. The quantitative estimate of drug-likeness (QED) is 0.533. The lowest BCUT2D eigenvalue weighted by atomic mass is 9.85. The molecular weight excluding hydrogens is 246 g/mol. The van der Waals surface area contributed by atoms with E-state index in [0.29, 0.717) is 12.8 Å². The van der Waals surface area contributed by atoms with Crippen molar-refractivity contribution in [3.63, 3.8) is 0 Å². The number of carbonyl (C=O) groups is 3. The van der Waals surface area contributed by atoms with Crippen molar-refractivity contribution in [3.05, 3.63) is 12.2 Å². The second kappa shape index (κ2) is 5.15. The smallest absolute Gasteiger partial charge is 0.234 e. The molecule has 1 aliphatic carbocycles. The number of carboxylic acid groups (broad SMARTS) is 1. The van der Waals surface area contributed by atoms with Crippen LogP contribution in [0.25, 0.3) is 0 Å². The summed E-state index contributed by atoms with van der Waals surface area (Å²) < 4.78 is 0. The van der Waals surface area contributed by atoms with E-state index in [1.165, 1.54) is 0 Å². The van der Waals surface area contributed by atoms with Crippen LogP contribution in [-0.4, -0.2) is 28.7 Å². The van der Waals surface area contributed by atoms with E-state index in [1.807, 2.05) is 26.0 Å². The van der Waals surface area contributed by atoms with Crippen LogP contribution in [0.3, 0.4) is 0 Å². The number of nitrogens with zero attached hydrogens (tertiary/aromatic N) is 1. The molecule has 0 spiro atoms. The van der Waals surface area contributed by atoms with Crippen LogP contribution in [-0.2, 0) is 14.4 Å². The predicted octanol–water partition coefficient (Wildman–Crippen LogP) is 0.102. The molecule has 2 aliphatic rings. The number of aliphatic carboxylic acids is 1. The molecule has 1 fully saturated rings. The molecular formula is C14H18NO4-. The number of likely N-dealkylation sites (tertiary alicyclic amines) is 1. The lowest BCUT2D eigenvalue weighted by molar-refractivity contribution is -0.311. The second-order valence-corrected chi connectivity index (χ2v) is 5.67. The van der Waals surface area contributed by atoms with Gasteiger partial charge < -0.3 is 9.90 Å². The van der Waals surface area contributed by atoms with Gasteiger partial charge in [-0.05, 0) is 25.2 Å². The van der Waals surface area contributed by atoms with Crippen LogP contribution in [0.4, 0.5) is 0 Å². The summed E-state index contributed by atoms with van der Waals surface area (Å²) in [6, 6.07) is -1.13. The monoisotopic (exact) mass is 264 g/mol. The normalized spacial score (nSPS) is 27.8. The van der Waals surface area contributed by atoms with Crippen molar-refractivity contribution in [1.29, 1.82) is 0 Å². The summed E-state index contributed by atoms with van der Waals surface area (Å²) in [6.07, 6.45) is 5.05. The Bertz CT molecular complexity index is 415. The molecule has 0 aromatic rings. The van der Waals surface area contributed by atoms with Crippen LogP contribution < -0.4 is 5.11 Å². The number of allylic oxidation sites excluding steroid dienone is 2. The van der Waals surface area contributed by atoms with E-state index in [-0.39, 0.29) is 36.0 Å². The molecule has 0 saturated carbocycles. The van der Waals surface area contributed by atoms with Gasteiger partial charge in [0.25, 0.3) is 0 Å². The number of imide groups is 1. The Hall–Kier alpha value is -1.65. The predicted molar refractivity (Wildman–Crippen MR) is 65.5 cm³/mol. The Morgan fingerprint density at radius 3 is 2.11 bits per heavy atom. The molecule has 3 atom stereocenters. The van der Waals surface area contributed by atoms with E-state index in [4.69, 9.17) is 0 Å². The van der Waals surface area contributed by atoms with Crippen molar-refractivity contribution in [2.75, 3.05) is 0 Å². The SMILES string of the molecule is CC(C)C[C@H](C(=O)[O-])N1C(=O)[C@H]2CC=CC[C@@H]2C1=O. The summed E-state index contributed by atoms with van der Waals surface area (Å²) in [5.41, 5.74) is 0. The summed E-state index contributed by atoms with van der Waals surface area (Å²) in [6.45, 7) is 3.71. The molecule has 5 heteroatoms. The van der Waals surface area contributed by atoms with E-state index >= 15 is 0 Å². The first-order valence-corrected chi connectivity index (χ1v) is 6.66. The zero-order valence-corrected chi connectivity index (χ0v) is 11.2. The first kappa shape index (κ1) is 13.8. The molecule has 2 amide bonds. The Morgan fingerprint density at radius 2 is 1.74 bits per heavy atom. The largest absolute Gasteiger partial charge is 0.548 e. The van der Waals surface area contributed by atoms with E-state index in [1.54, 1.807) is 0 Å². The second-order valence-electron chi connectivity index (χ2n) is 5.67. The van der Waals surface area contributed by atoms with Gasteiger partial charge in [0.15, 0.2) is 0 Å². The van der Waals surface area contributed by atoms with Crippen molar-refractivity contribution in [1.82, 2.24) is 4.90 Å². The van der Waals surface area contributed by atoms with Crippen molar-refractivity contribution >= 4 is 17.8 Å². The third kappa shape index (κ3) is 2.41. The number of carboxylic acids is 1. The van der Waals surface area contributed by atoms with E-state index in [9.17, 15) is 19.5 Å². The number of hydrogen-bond acceptors (Lipinski definition) is 4. The van der Waals surface area contributed by atoms with Gasteiger partial charge in [0.1, 0.15) is 0 Å². The molecule has 0 N–H and O–H groups in total. The fourth-order valence-corrected chi connectivity index (χ4v) is 2.89. The summed E-state index contributed by atoms with van der Waals surface area (Å²) in [4.78, 5) is 36.7.